The van der Waals surface area contributed by atoms with E-state index >= 15 is 0 Å². The molecule has 0 aliphatic heterocycles. The number of carbonyl (C=O) groups excluding carboxylic acids is 1. The highest BCUT2D eigenvalue weighted by molar-refractivity contribution is 5.85. The third-order valence-electron chi connectivity index (χ3n) is 3.00. The first-order chi connectivity index (χ1) is 10.9. The van der Waals surface area contributed by atoms with Gasteiger partial charge in [0.05, 0.1) is 18.4 Å². The number of nitrogens with one attached hydrogen (secondary N) is 1. The predicted octanol–water partition coefficient (Wildman–Crippen LogP) is 4.46. The van der Waals surface area contributed by atoms with Gasteiger partial charge in [-0.1, -0.05) is 24.3 Å². The standard InChI is InChI=1S/C16H14F3NO3/c1-22-12-8-6-11(7-9-12)10-23-15(21)20-14-5-3-2-4-13(14)16(17,18)19/h2-9H,10H2,1H3,(H,20,21). The quantitative estimate of drug-likeness (QED) is 0.902. The molecule has 0 bridgehead atoms. The highest BCUT2D eigenvalue weighted by atomic mass is 19.4. The SMILES string of the molecule is COc1ccc(COC(=O)Nc2ccccc2C(F)(F)F)cc1. The molecular weight excluding hydrogens is 311 g/mol. The molecule has 23 heavy (non-hydrogen) atoms. The van der Waals surface area contributed by atoms with Crippen LogP contribution >= 0.6 is 0 Å². The molecule has 1 N–H and O–H groups in total. The highest BCUT2D eigenvalue weighted by Crippen LogP contribution is 2.34. The molecule has 0 aliphatic rings. The predicted molar refractivity (Wildman–Crippen MR) is 78.2 cm³/mol. The maximum Gasteiger partial charge on any atom is 0.418 e. The largest absolute Gasteiger partial charge is 0.497 e. The van der Waals surface area contributed by atoms with Crippen LogP contribution in [0.15, 0.2) is 48.5 Å². The van der Waals surface area contributed by atoms with Gasteiger partial charge in [-0.3, -0.25) is 5.32 Å². The molecule has 2 rings (SSSR count). The van der Waals surface area contributed by atoms with Gasteiger partial charge in [-0.2, -0.15) is 13.2 Å². The minimum Gasteiger partial charge on any atom is -0.497 e. The lowest BCUT2D eigenvalue weighted by Crippen LogP contribution is -2.17. The van der Waals surface area contributed by atoms with Crippen LogP contribution in [0.5, 0.6) is 5.75 Å². The third-order valence-corrected chi connectivity index (χ3v) is 3.00. The topological polar surface area (TPSA) is 47.6 Å². The highest BCUT2D eigenvalue weighted by Gasteiger charge is 2.33. The lowest BCUT2D eigenvalue weighted by Gasteiger charge is -2.13. The summed E-state index contributed by atoms with van der Waals surface area (Å²) in [5, 5.41) is 2.10. The fraction of sp³-hybridized carbons (Fsp3) is 0.188. The lowest BCUT2D eigenvalue weighted by atomic mass is 10.2. The summed E-state index contributed by atoms with van der Waals surface area (Å²) in [5.41, 5.74) is -0.591. The zero-order valence-electron chi connectivity index (χ0n) is 12.2. The summed E-state index contributed by atoms with van der Waals surface area (Å²) in [7, 11) is 1.52. The molecule has 0 unspecified atom stereocenters. The second-order valence-electron chi connectivity index (χ2n) is 4.59. The molecule has 2 aromatic rings. The third kappa shape index (κ3) is 4.64. The van der Waals surface area contributed by atoms with Gasteiger partial charge < -0.3 is 9.47 Å². The maximum atomic E-state index is 12.8. The van der Waals surface area contributed by atoms with Gasteiger partial charge in [-0.25, -0.2) is 4.79 Å². The molecule has 0 saturated heterocycles. The van der Waals surface area contributed by atoms with Crippen molar-refractivity contribution in [3.63, 3.8) is 0 Å². The van der Waals surface area contributed by atoms with Crippen LogP contribution in [0.3, 0.4) is 0 Å². The molecule has 0 aliphatic carbocycles. The van der Waals surface area contributed by atoms with Gasteiger partial charge in [-0.15, -0.1) is 0 Å². The van der Waals surface area contributed by atoms with Crippen molar-refractivity contribution in [2.75, 3.05) is 12.4 Å². The van der Waals surface area contributed by atoms with E-state index in [4.69, 9.17) is 9.47 Å². The van der Waals surface area contributed by atoms with E-state index in [2.05, 4.69) is 5.32 Å². The summed E-state index contributed by atoms with van der Waals surface area (Å²) in [4.78, 5) is 11.7. The van der Waals surface area contributed by atoms with Crippen molar-refractivity contribution in [3.05, 3.63) is 59.7 Å². The molecule has 0 fully saturated rings. The molecule has 0 atom stereocenters. The van der Waals surface area contributed by atoms with Crippen molar-refractivity contribution in [1.82, 2.24) is 0 Å². The molecule has 4 nitrogen and oxygen atoms in total. The van der Waals surface area contributed by atoms with Gasteiger partial charge in [0.2, 0.25) is 0 Å². The Bertz CT molecular complexity index is 669. The first kappa shape index (κ1) is 16.7. The summed E-state index contributed by atoms with van der Waals surface area (Å²) < 4.78 is 48.4. The number of para-hydroxylation sites is 1. The van der Waals surface area contributed by atoms with E-state index in [9.17, 15) is 18.0 Å². The van der Waals surface area contributed by atoms with Crippen LogP contribution in [0.4, 0.5) is 23.7 Å². The van der Waals surface area contributed by atoms with E-state index in [1.807, 2.05) is 0 Å². The monoisotopic (exact) mass is 325 g/mol. The van der Waals surface area contributed by atoms with Crippen LogP contribution in [-0.4, -0.2) is 13.2 Å². The molecule has 0 saturated carbocycles. The fourth-order valence-corrected chi connectivity index (χ4v) is 1.86. The number of ether oxygens (including phenoxy) is 2. The zero-order chi connectivity index (χ0) is 16.9. The molecule has 1 amide bonds. The van der Waals surface area contributed by atoms with Crippen LogP contribution in [-0.2, 0) is 17.5 Å². The van der Waals surface area contributed by atoms with Gasteiger partial charge in [0, 0.05) is 0 Å². The summed E-state index contributed by atoms with van der Waals surface area (Å²) in [6.45, 7) is -0.0655. The molecular formula is C16H14F3NO3. The smallest absolute Gasteiger partial charge is 0.418 e. The number of rotatable bonds is 4. The van der Waals surface area contributed by atoms with E-state index < -0.39 is 17.8 Å². The number of hydrogen-bond donors (Lipinski definition) is 1. The Labute approximate surface area is 130 Å². The Balaban J connectivity index is 1.97. The lowest BCUT2D eigenvalue weighted by molar-refractivity contribution is -0.136. The second kappa shape index (κ2) is 7.04. The van der Waals surface area contributed by atoms with Gasteiger partial charge >= 0.3 is 12.3 Å². The van der Waals surface area contributed by atoms with Crippen molar-refractivity contribution in [3.8, 4) is 5.75 Å². The van der Waals surface area contributed by atoms with E-state index in [1.165, 1.54) is 19.2 Å². The molecule has 122 valence electrons. The summed E-state index contributed by atoms with van der Waals surface area (Å²) >= 11 is 0. The normalized spacial score (nSPS) is 11.0. The Morgan fingerprint density at radius 2 is 1.74 bits per heavy atom. The van der Waals surface area contributed by atoms with Crippen molar-refractivity contribution >= 4 is 11.8 Å². The van der Waals surface area contributed by atoms with Gasteiger partial charge in [0.25, 0.3) is 0 Å². The first-order valence-electron chi connectivity index (χ1n) is 6.63. The minimum atomic E-state index is -4.56. The number of anilines is 1. The number of hydrogen-bond acceptors (Lipinski definition) is 3. The van der Waals surface area contributed by atoms with Crippen LogP contribution < -0.4 is 10.1 Å². The number of benzene rings is 2. The van der Waals surface area contributed by atoms with Crippen LogP contribution in [0.2, 0.25) is 0 Å². The van der Waals surface area contributed by atoms with Crippen molar-refractivity contribution in [2.24, 2.45) is 0 Å². The molecule has 0 heterocycles. The zero-order valence-corrected chi connectivity index (χ0v) is 12.2. The number of carbonyl (C=O) groups is 1. The number of alkyl halides is 3. The Morgan fingerprint density at radius 3 is 2.35 bits per heavy atom. The van der Waals surface area contributed by atoms with E-state index in [0.717, 1.165) is 12.1 Å². The average molecular weight is 325 g/mol. The van der Waals surface area contributed by atoms with Crippen LogP contribution in [0.1, 0.15) is 11.1 Å². The van der Waals surface area contributed by atoms with Crippen LogP contribution in [0.25, 0.3) is 0 Å². The fourth-order valence-electron chi connectivity index (χ4n) is 1.86. The summed E-state index contributed by atoms with van der Waals surface area (Å²) in [5.74, 6) is 0.650. The molecule has 2 aromatic carbocycles. The van der Waals surface area contributed by atoms with Gasteiger partial charge in [0.15, 0.2) is 0 Å². The second-order valence-corrected chi connectivity index (χ2v) is 4.59. The average Bonchev–Trinajstić information content (AvgIpc) is 2.53. The summed E-state index contributed by atoms with van der Waals surface area (Å²) in [6, 6.07) is 11.5. The number of amides is 1. The van der Waals surface area contributed by atoms with E-state index in [1.54, 1.807) is 24.3 Å². The number of halogens is 3. The maximum absolute atomic E-state index is 12.8. The van der Waals surface area contributed by atoms with Crippen molar-refractivity contribution in [2.45, 2.75) is 12.8 Å². The molecule has 0 aromatic heterocycles. The van der Waals surface area contributed by atoms with Crippen molar-refractivity contribution < 1.29 is 27.4 Å². The molecule has 7 heteroatoms. The first-order valence-corrected chi connectivity index (χ1v) is 6.63. The van der Waals surface area contributed by atoms with Crippen molar-refractivity contribution in [1.29, 1.82) is 0 Å². The van der Waals surface area contributed by atoms with Gasteiger partial charge in [-0.05, 0) is 29.8 Å². The molecule has 0 radical (unpaired) electrons. The van der Waals surface area contributed by atoms with Gasteiger partial charge in [0.1, 0.15) is 12.4 Å². The number of methoxy groups -OCH3 is 1. The Kier molecular flexibility index (Phi) is 5.10. The Morgan fingerprint density at radius 1 is 1.09 bits per heavy atom. The van der Waals surface area contributed by atoms with E-state index in [-0.39, 0.29) is 12.3 Å². The van der Waals surface area contributed by atoms with Crippen LogP contribution in [0, 0.1) is 0 Å². The molecule has 0 spiro atoms. The van der Waals surface area contributed by atoms with E-state index in [0.29, 0.717) is 11.3 Å². The summed E-state index contributed by atoms with van der Waals surface area (Å²) in [6.07, 6.45) is -5.52. The minimum absolute atomic E-state index is 0.0655. The Hall–Kier alpha value is -2.70.